The maximum absolute atomic E-state index is 14.7. The zero-order valence-electron chi connectivity index (χ0n) is 19.8. The van der Waals surface area contributed by atoms with E-state index in [9.17, 15) is 18.7 Å². The molecule has 1 aliphatic heterocycles. The van der Waals surface area contributed by atoms with E-state index in [0.29, 0.717) is 54.3 Å². The molecule has 0 bridgehead atoms. The molecule has 3 heterocycles. The lowest BCUT2D eigenvalue weighted by Gasteiger charge is -2.30. The van der Waals surface area contributed by atoms with Crippen LogP contribution in [0.15, 0.2) is 48.9 Å². The number of hydrogen-bond donors (Lipinski definition) is 2. The largest absolute Gasteiger partial charge is 0.494 e. The fraction of sp³-hybridized carbons (Fsp3) is 0.269. The van der Waals surface area contributed by atoms with E-state index in [1.54, 1.807) is 27.6 Å². The Hall–Kier alpha value is -4.05. The number of rotatable bonds is 5. The standard InChI is InChI=1S/C26H25F2N5O3/c1-15-13-16(3-4-18(15)26(35)32-10-7-17(34)8-11-32)31-24-25-30-14-20(33(25)12-9-29-24)19-5-6-21(36-2)23(28)22(19)27/h3-6,9,12-14,17,34H,7-8,10-11H2,1-2H3,(H,29,31). The van der Waals surface area contributed by atoms with Gasteiger partial charge in [-0.1, -0.05) is 0 Å². The fourth-order valence-electron chi connectivity index (χ4n) is 4.45. The van der Waals surface area contributed by atoms with Crippen molar-refractivity contribution in [2.45, 2.75) is 25.9 Å². The predicted octanol–water partition coefficient (Wildman–Crippen LogP) is 4.33. The summed E-state index contributed by atoms with van der Waals surface area (Å²) in [5, 5.41) is 12.9. The van der Waals surface area contributed by atoms with E-state index in [-0.39, 0.29) is 23.3 Å². The van der Waals surface area contributed by atoms with Gasteiger partial charge < -0.3 is 20.1 Å². The lowest BCUT2D eigenvalue weighted by molar-refractivity contribution is 0.0546. The van der Waals surface area contributed by atoms with E-state index in [1.807, 2.05) is 13.0 Å². The van der Waals surface area contributed by atoms with Gasteiger partial charge in [0.15, 0.2) is 23.0 Å². The molecule has 8 nitrogen and oxygen atoms in total. The molecule has 1 fully saturated rings. The molecule has 5 rings (SSSR count). The number of ether oxygens (including phenoxy) is 1. The van der Waals surface area contributed by atoms with Crippen LogP contribution in [0.5, 0.6) is 5.75 Å². The molecular formula is C26H25F2N5O3. The normalized spacial score (nSPS) is 14.3. The van der Waals surface area contributed by atoms with Gasteiger partial charge in [0.1, 0.15) is 0 Å². The molecule has 2 N–H and O–H groups in total. The van der Waals surface area contributed by atoms with Crippen molar-refractivity contribution >= 4 is 23.1 Å². The smallest absolute Gasteiger partial charge is 0.254 e. The van der Waals surface area contributed by atoms with Gasteiger partial charge in [0.2, 0.25) is 5.82 Å². The van der Waals surface area contributed by atoms with Crippen molar-refractivity contribution in [2.75, 3.05) is 25.5 Å². The average Bonchev–Trinajstić information content (AvgIpc) is 3.31. The van der Waals surface area contributed by atoms with Crippen LogP contribution in [0.25, 0.3) is 16.9 Å². The molecule has 1 aliphatic rings. The minimum absolute atomic E-state index is 0.0434. The maximum Gasteiger partial charge on any atom is 0.254 e. The first-order valence-electron chi connectivity index (χ1n) is 11.6. The zero-order chi connectivity index (χ0) is 25.4. The van der Waals surface area contributed by atoms with Crippen molar-refractivity contribution in [1.82, 2.24) is 19.3 Å². The minimum Gasteiger partial charge on any atom is -0.494 e. The monoisotopic (exact) mass is 493 g/mol. The molecule has 10 heteroatoms. The maximum atomic E-state index is 14.7. The molecule has 0 atom stereocenters. The van der Waals surface area contributed by atoms with Crippen LogP contribution in [-0.2, 0) is 0 Å². The molecule has 1 amide bonds. The number of carbonyl (C=O) groups is 1. The Balaban J connectivity index is 1.42. The first-order chi connectivity index (χ1) is 17.4. The van der Waals surface area contributed by atoms with Gasteiger partial charge in [-0.25, -0.2) is 14.4 Å². The van der Waals surface area contributed by atoms with Crippen LogP contribution in [0.3, 0.4) is 0 Å². The number of aryl methyl sites for hydroxylation is 1. The Morgan fingerprint density at radius 1 is 1.14 bits per heavy atom. The van der Waals surface area contributed by atoms with Crippen LogP contribution in [0, 0.1) is 18.6 Å². The van der Waals surface area contributed by atoms with E-state index >= 15 is 0 Å². The summed E-state index contributed by atoms with van der Waals surface area (Å²) >= 11 is 0. The second-order valence-electron chi connectivity index (χ2n) is 8.73. The van der Waals surface area contributed by atoms with Crippen LogP contribution >= 0.6 is 0 Å². The number of nitrogens with one attached hydrogen (secondary N) is 1. The molecule has 0 radical (unpaired) electrons. The number of aliphatic hydroxyl groups is 1. The Kier molecular flexibility index (Phi) is 6.27. The molecule has 0 spiro atoms. The molecule has 0 saturated carbocycles. The number of imidazole rings is 1. The molecule has 4 aromatic rings. The van der Waals surface area contributed by atoms with E-state index in [0.717, 1.165) is 5.56 Å². The van der Waals surface area contributed by atoms with Gasteiger partial charge in [-0.05, 0) is 55.7 Å². The van der Waals surface area contributed by atoms with Crippen LogP contribution in [0.4, 0.5) is 20.3 Å². The molecule has 1 saturated heterocycles. The Bertz CT molecular complexity index is 1450. The Morgan fingerprint density at radius 3 is 2.64 bits per heavy atom. The molecule has 0 unspecified atom stereocenters. The highest BCUT2D eigenvalue weighted by atomic mass is 19.2. The number of carbonyl (C=O) groups excluding carboxylic acids is 1. The summed E-state index contributed by atoms with van der Waals surface area (Å²) in [6.45, 7) is 2.93. The molecule has 186 valence electrons. The first kappa shape index (κ1) is 23.7. The number of likely N-dealkylation sites (tertiary alicyclic amines) is 1. The summed E-state index contributed by atoms with van der Waals surface area (Å²) in [4.78, 5) is 23.4. The highest BCUT2D eigenvalue weighted by Crippen LogP contribution is 2.31. The predicted molar refractivity (Wildman–Crippen MR) is 130 cm³/mol. The van der Waals surface area contributed by atoms with Crippen LogP contribution in [0.1, 0.15) is 28.8 Å². The van der Waals surface area contributed by atoms with Crippen LogP contribution in [0.2, 0.25) is 0 Å². The number of methoxy groups -OCH3 is 1. The lowest BCUT2D eigenvalue weighted by atomic mass is 10.0. The number of anilines is 2. The Labute approximate surface area is 206 Å². The van der Waals surface area contributed by atoms with Gasteiger partial charge in [-0.15, -0.1) is 0 Å². The van der Waals surface area contributed by atoms with Gasteiger partial charge >= 0.3 is 0 Å². The SMILES string of the molecule is COc1ccc(-c2cnc3c(Nc4ccc(C(=O)N5CCC(O)CC5)c(C)c4)nccn23)c(F)c1F. The van der Waals surface area contributed by atoms with E-state index in [4.69, 9.17) is 4.74 Å². The van der Waals surface area contributed by atoms with Crippen molar-refractivity contribution < 1.29 is 23.4 Å². The van der Waals surface area contributed by atoms with Crippen molar-refractivity contribution in [3.8, 4) is 17.0 Å². The summed E-state index contributed by atoms with van der Waals surface area (Å²) in [5.74, 6) is -1.91. The number of benzene rings is 2. The van der Waals surface area contributed by atoms with Crippen LogP contribution < -0.4 is 10.1 Å². The lowest BCUT2D eigenvalue weighted by Crippen LogP contribution is -2.40. The van der Waals surface area contributed by atoms with Crippen LogP contribution in [-0.4, -0.2) is 56.6 Å². The zero-order valence-corrected chi connectivity index (χ0v) is 19.8. The van der Waals surface area contributed by atoms with Crippen molar-refractivity contribution in [2.24, 2.45) is 0 Å². The fourth-order valence-corrected chi connectivity index (χ4v) is 4.45. The molecule has 0 aliphatic carbocycles. The van der Waals surface area contributed by atoms with Gasteiger partial charge in [0.05, 0.1) is 25.1 Å². The third-order valence-electron chi connectivity index (χ3n) is 6.44. The highest BCUT2D eigenvalue weighted by molar-refractivity contribution is 5.96. The number of aliphatic hydroxyl groups excluding tert-OH is 1. The number of fused-ring (bicyclic) bond motifs is 1. The molecule has 2 aromatic carbocycles. The summed E-state index contributed by atoms with van der Waals surface area (Å²) in [7, 11) is 1.28. The van der Waals surface area contributed by atoms with Gasteiger partial charge in [-0.2, -0.15) is 4.39 Å². The van der Waals surface area contributed by atoms with Gasteiger partial charge in [-0.3, -0.25) is 9.20 Å². The van der Waals surface area contributed by atoms with Gasteiger partial charge in [0, 0.05) is 42.3 Å². The Morgan fingerprint density at radius 2 is 1.92 bits per heavy atom. The number of piperidine rings is 1. The summed E-state index contributed by atoms with van der Waals surface area (Å²) in [5.41, 5.74) is 2.92. The first-order valence-corrected chi connectivity index (χ1v) is 11.6. The number of hydrogen-bond acceptors (Lipinski definition) is 6. The summed E-state index contributed by atoms with van der Waals surface area (Å²) in [6, 6.07) is 8.20. The van der Waals surface area contributed by atoms with E-state index in [2.05, 4.69) is 15.3 Å². The summed E-state index contributed by atoms with van der Waals surface area (Å²) < 4.78 is 35.5. The second kappa shape index (κ2) is 9.54. The average molecular weight is 494 g/mol. The third kappa shape index (κ3) is 4.24. The third-order valence-corrected chi connectivity index (χ3v) is 6.44. The molecule has 2 aromatic heterocycles. The van der Waals surface area contributed by atoms with Gasteiger partial charge in [0.25, 0.3) is 5.91 Å². The van der Waals surface area contributed by atoms with Crippen molar-refractivity contribution in [3.05, 3.63) is 71.7 Å². The van der Waals surface area contributed by atoms with E-state index in [1.165, 1.54) is 31.6 Å². The number of nitrogens with zero attached hydrogens (tertiary/aromatic N) is 4. The number of aromatic nitrogens is 3. The molecule has 36 heavy (non-hydrogen) atoms. The topological polar surface area (TPSA) is 92.0 Å². The number of halogens is 2. The quantitative estimate of drug-likeness (QED) is 0.430. The van der Waals surface area contributed by atoms with E-state index < -0.39 is 11.6 Å². The van der Waals surface area contributed by atoms with Crippen molar-refractivity contribution in [1.29, 1.82) is 0 Å². The summed E-state index contributed by atoms with van der Waals surface area (Å²) in [6.07, 6.45) is 5.43. The number of amides is 1. The highest BCUT2D eigenvalue weighted by Gasteiger charge is 2.24. The minimum atomic E-state index is -1.07. The second-order valence-corrected chi connectivity index (χ2v) is 8.73. The molecular weight excluding hydrogens is 468 g/mol. The van der Waals surface area contributed by atoms with Crippen molar-refractivity contribution in [3.63, 3.8) is 0 Å².